The number of carbonyl (C=O) groups excluding carboxylic acids is 1. The van der Waals surface area contributed by atoms with Gasteiger partial charge in [-0.15, -0.1) is 0 Å². The lowest BCUT2D eigenvalue weighted by Gasteiger charge is -2.23. The van der Waals surface area contributed by atoms with Crippen LogP contribution in [-0.2, 0) is 18.8 Å². The first-order valence-corrected chi connectivity index (χ1v) is 18.7. The smallest absolute Gasteiger partial charge is 0.416 e. The molecule has 3 aromatic rings. The molecule has 2 aromatic heterocycles. The van der Waals surface area contributed by atoms with Crippen molar-refractivity contribution >= 4 is 43.1 Å². The van der Waals surface area contributed by atoms with Crippen LogP contribution in [0.5, 0.6) is 5.75 Å². The van der Waals surface area contributed by atoms with Gasteiger partial charge in [0, 0.05) is 17.0 Å². The number of halogens is 4. The molecule has 284 valence electrons. The summed E-state index contributed by atoms with van der Waals surface area (Å²) in [6.45, 7) is 12.1. The third-order valence-electron chi connectivity index (χ3n) is 8.18. The van der Waals surface area contributed by atoms with E-state index in [1.807, 2.05) is 18.4 Å². The van der Waals surface area contributed by atoms with Gasteiger partial charge in [-0.3, -0.25) is 14.4 Å². The van der Waals surface area contributed by atoms with Crippen LogP contribution in [0, 0.1) is 5.92 Å². The van der Waals surface area contributed by atoms with E-state index in [4.69, 9.17) is 36.0 Å². The highest BCUT2D eigenvalue weighted by atomic mass is 35.5. The molecule has 4 unspecified atom stereocenters. The number of allylic oxidation sites excluding steroid dienone is 4. The summed E-state index contributed by atoms with van der Waals surface area (Å²) >= 11 is 6.04. The van der Waals surface area contributed by atoms with E-state index < -0.39 is 45.1 Å². The molecule has 2 aliphatic rings. The Morgan fingerprint density at radius 3 is 2.60 bits per heavy atom. The van der Waals surface area contributed by atoms with Gasteiger partial charge in [0.1, 0.15) is 31.0 Å². The number of aromatic nitrogens is 4. The number of fused-ring (bicyclic) bond motifs is 1. The zero-order valence-electron chi connectivity index (χ0n) is 29.8. The normalized spacial score (nSPS) is 20.5. The van der Waals surface area contributed by atoms with Gasteiger partial charge >= 0.3 is 20.7 Å². The summed E-state index contributed by atoms with van der Waals surface area (Å²) < 4.78 is 66.9. The summed E-state index contributed by atoms with van der Waals surface area (Å²) in [5.41, 5.74) is 0.231. The number of benzene rings is 1. The SMILES string of the molecule is C=C/C=C\C(=C(/CC)COC(=O)C(C)NP(OCC1CC(C)[C@H](n2cnc3c(N(N)C4CC4)ncnc32)O1)Oc1ccc(Cl)cc1)C(F)(F)F.CC. The lowest BCUT2D eigenvalue weighted by atomic mass is 10.1. The van der Waals surface area contributed by atoms with Crippen LogP contribution in [0.1, 0.15) is 66.5 Å². The molecule has 3 heterocycles. The third-order valence-corrected chi connectivity index (χ3v) is 9.80. The van der Waals surface area contributed by atoms with Crippen molar-refractivity contribution in [1.29, 1.82) is 0 Å². The Bertz CT molecular complexity index is 1700. The van der Waals surface area contributed by atoms with Crippen LogP contribution >= 0.6 is 20.1 Å². The molecule has 3 N–H and O–H groups in total. The summed E-state index contributed by atoms with van der Waals surface area (Å²) in [4.78, 5) is 26.4. The number of anilines is 1. The Kier molecular flexibility index (Phi) is 15.0. The number of esters is 1. The van der Waals surface area contributed by atoms with Crippen molar-refractivity contribution in [2.75, 3.05) is 18.2 Å². The summed E-state index contributed by atoms with van der Waals surface area (Å²) in [6, 6.07) is 5.83. The van der Waals surface area contributed by atoms with Crippen molar-refractivity contribution in [3.63, 3.8) is 0 Å². The Morgan fingerprint density at radius 1 is 1.25 bits per heavy atom. The quantitative estimate of drug-likeness (QED) is 0.0480. The second-order valence-electron chi connectivity index (χ2n) is 12.0. The Balaban J connectivity index is 0.00000297. The number of carbonyl (C=O) groups is 1. The van der Waals surface area contributed by atoms with E-state index >= 15 is 0 Å². The average molecular weight is 768 g/mol. The fourth-order valence-electron chi connectivity index (χ4n) is 5.38. The number of nitrogens with two attached hydrogens (primary N) is 1. The van der Waals surface area contributed by atoms with Crippen LogP contribution in [0.15, 0.2) is 72.9 Å². The first kappa shape index (κ1) is 41.2. The second-order valence-corrected chi connectivity index (χ2v) is 13.7. The van der Waals surface area contributed by atoms with Gasteiger partial charge in [0.15, 0.2) is 17.0 Å². The molecule has 17 heteroatoms. The monoisotopic (exact) mass is 767 g/mol. The topological polar surface area (TPSA) is 139 Å². The fourth-order valence-corrected chi connectivity index (χ4v) is 6.72. The van der Waals surface area contributed by atoms with Gasteiger partial charge < -0.3 is 18.5 Å². The maximum atomic E-state index is 13.7. The van der Waals surface area contributed by atoms with Crippen molar-refractivity contribution in [2.24, 2.45) is 11.8 Å². The van der Waals surface area contributed by atoms with Crippen molar-refractivity contribution in [3.8, 4) is 5.75 Å². The summed E-state index contributed by atoms with van der Waals surface area (Å²) in [7, 11) is -1.96. The van der Waals surface area contributed by atoms with Crippen LogP contribution in [0.2, 0.25) is 5.02 Å². The van der Waals surface area contributed by atoms with Crippen molar-refractivity contribution < 1.29 is 36.5 Å². The van der Waals surface area contributed by atoms with E-state index in [9.17, 15) is 18.0 Å². The molecule has 0 radical (unpaired) electrons. The highest BCUT2D eigenvalue weighted by molar-refractivity contribution is 7.45. The van der Waals surface area contributed by atoms with E-state index in [1.165, 1.54) is 25.4 Å². The van der Waals surface area contributed by atoms with Gasteiger partial charge in [0.2, 0.25) is 0 Å². The number of hydrogen-bond donors (Lipinski definition) is 2. The number of alkyl halides is 3. The van der Waals surface area contributed by atoms with Gasteiger partial charge in [-0.05, 0) is 68.5 Å². The number of imidazole rings is 1. The number of nitrogens with zero attached hydrogens (tertiary/aromatic N) is 5. The average Bonchev–Trinajstić information content (AvgIpc) is 3.79. The molecule has 1 saturated carbocycles. The highest BCUT2D eigenvalue weighted by Gasteiger charge is 2.37. The Morgan fingerprint density at radius 2 is 1.96 bits per heavy atom. The van der Waals surface area contributed by atoms with Crippen LogP contribution in [0.25, 0.3) is 11.2 Å². The molecular formula is C35H46ClF3N7O5P. The van der Waals surface area contributed by atoms with E-state index in [-0.39, 0.29) is 36.7 Å². The Hall–Kier alpha value is -3.59. The number of hydrogen-bond acceptors (Lipinski definition) is 11. The lowest BCUT2D eigenvalue weighted by Crippen LogP contribution is -2.34. The van der Waals surface area contributed by atoms with Gasteiger partial charge in [-0.1, -0.05) is 58.0 Å². The molecule has 0 amide bonds. The molecule has 52 heavy (non-hydrogen) atoms. The minimum absolute atomic E-state index is 0.0244. The summed E-state index contributed by atoms with van der Waals surface area (Å²) in [6.07, 6.45) is 3.77. The van der Waals surface area contributed by atoms with Crippen LogP contribution < -0.4 is 20.5 Å². The highest BCUT2D eigenvalue weighted by Crippen LogP contribution is 2.41. The van der Waals surface area contributed by atoms with Gasteiger partial charge in [-0.2, -0.15) is 13.2 Å². The molecule has 2 fully saturated rings. The maximum absolute atomic E-state index is 13.7. The molecular weight excluding hydrogens is 722 g/mol. The molecule has 1 aliphatic carbocycles. The van der Waals surface area contributed by atoms with Crippen LogP contribution in [-0.4, -0.2) is 63.1 Å². The molecule has 0 spiro atoms. The molecule has 1 aromatic carbocycles. The molecule has 5 rings (SSSR count). The molecule has 0 bridgehead atoms. The first-order chi connectivity index (χ1) is 24.9. The predicted octanol–water partition coefficient (Wildman–Crippen LogP) is 8.13. The zero-order chi connectivity index (χ0) is 38.0. The summed E-state index contributed by atoms with van der Waals surface area (Å²) in [5.74, 6) is 6.56. The predicted molar refractivity (Wildman–Crippen MR) is 195 cm³/mol. The fraction of sp³-hybridized carbons (Fsp3) is 0.486. The summed E-state index contributed by atoms with van der Waals surface area (Å²) in [5, 5.41) is 5.13. The second kappa shape index (κ2) is 18.9. The zero-order valence-corrected chi connectivity index (χ0v) is 31.5. The van der Waals surface area contributed by atoms with Crippen molar-refractivity contribution in [2.45, 2.75) is 90.9 Å². The van der Waals surface area contributed by atoms with Crippen molar-refractivity contribution in [1.82, 2.24) is 24.6 Å². The minimum atomic E-state index is -4.63. The largest absolute Gasteiger partial charge is 0.460 e. The molecule has 1 aliphatic heterocycles. The molecule has 5 atom stereocenters. The molecule has 1 saturated heterocycles. The number of nitrogens with one attached hydrogen (secondary N) is 1. The van der Waals surface area contributed by atoms with Crippen LogP contribution in [0.3, 0.4) is 0 Å². The Labute approximate surface area is 308 Å². The maximum Gasteiger partial charge on any atom is 0.416 e. The molecule has 12 nitrogen and oxygen atoms in total. The van der Waals surface area contributed by atoms with E-state index in [2.05, 4.69) is 33.5 Å². The van der Waals surface area contributed by atoms with E-state index in [1.54, 1.807) is 42.5 Å². The van der Waals surface area contributed by atoms with Gasteiger partial charge in [0.05, 0.1) is 24.6 Å². The lowest BCUT2D eigenvalue weighted by molar-refractivity contribution is -0.144. The van der Waals surface area contributed by atoms with E-state index in [0.717, 1.165) is 18.9 Å². The van der Waals surface area contributed by atoms with Gasteiger partial charge in [0.25, 0.3) is 0 Å². The van der Waals surface area contributed by atoms with Crippen molar-refractivity contribution in [3.05, 3.63) is 77.9 Å². The third kappa shape index (κ3) is 10.7. The first-order valence-electron chi connectivity index (χ1n) is 17.1. The number of hydrazine groups is 1. The minimum Gasteiger partial charge on any atom is -0.460 e. The van der Waals surface area contributed by atoms with E-state index in [0.29, 0.717) is 34.2 Å². The standard InChI is InChI=1S/C33H40ClF3N7O5P.C2H6/c1-5-7-8-27(33(35,36)37)22(6-2)16-46-32(45)21(4)42-50(49-25-13-9-23(34)10-14-25)47-17-26-15-20(3)31(48-26)43-19-41-28-29(43)39-18-40-30(28)44(38)24-11-12-24;1-2/h5,7-10,13-14,18-21,24,26,31,42H,1,6,11-12,15-17,38H2,2-4H3;1-2H3/b8-7-,27-22-;/t20?,21?,26?,31-,50?;/m1./s1. The van der Waals surface area contributed by atoms with Gasteiger partial charge in [-0.25, -0.2) is 25.9 Å². The van der Waals surface area contributed by atoms with Crippen LogP contribution in [0.4, 0.5) is 19.0 Å². The number of rotatable bonds is 16. The number of ether oxygens (including phenoxy) is 2.